The summed E-state index contributed by atoms with van der Waals surface area (Å²) in [7, 11) is 0. The van der Waals surface area contributed by atoms with Crippen LogP contribution in [0.2, 0.25) is 0 Å². The number of nitrogens with one attached hydrogen (secondary N) is 1. The van der Waals surface area contributed by atoms with Crippen LogP contribution in [-0.2, 0) is 4.74 Å². The molecule has 0 saturated heterocycles. The molecule has 1 aromatic heterocycles. The van der Waals surface area contributed by atoms with Crippen LogP contribution in [0.25, 0.3) is 11.3 Å². The van der Waals surface area contributed by atoms with E-state index in [0.29, 0.717) is 10.8 Å². The lowest BCUT2D eigenvalue weighted by atomic mass is 10.0. The number of esters is 1. The average Bonchev–Trinajstić information content (AvgIpc) is 3.12. The summed E-state index contributed by atoms with van der Waals surface area (Å²) in [5.74, 6) is -0.601. The summed E-state index contributed by atoms with van der Waals surface area (Å²) in [5.41, 5.74) is 0.806. The maximum absolute atomic E-state index is 12.1. The predicted molar refractivity (Wildman–Crippen MR) is 97.2 cm³/mol. The predicted octanol–water partition coefficient (Wildman–Crippen LogP) is 3.98. The Kier molecular flexibility index (Phi) is 5.87. The highest BCUT2D eigenvalue weighted by atomic mass is 32.2. The molecule has 0 amide bonds. The summed E-state index contributed by atoms with van der Waals surface area (Å²) in [6, 6.07) is 4.67. The minimum Gasteiger partial charge on any atom is -0.461 e. The van der Waals surface area contributed by atoms with E-state index in [0.717, 1.165) is 17.7 Å². The first-order valence-corrected chi connectivity index (χ1v) is 9.51. The van der Waals surface area contributed by atoms with E-state index in [2.05, 4.69) is 15.4 Å². The van der Waals surface area contributed by atoms with E-state index in [9.17, 15) is 14.9 Å². The van der Waals surface area contributed by atoms with Crippen molar-refractivity contribution in [3.05, 3.63) is 34.0 Å². The third-order valence-corrected chi connectivity index (χ3v) is 5.71. The molecule has 0 spiro atoms. The molecule has 1 aliphatic rings. The topological polar surface area (TPSA) is 111 Å². The lowest BCUT2D eigenvalue weighted by Crippen LogP contribution is -2.09. The van der Waals surface area contributed by atoms with Gasteiger partial charge in [-0.15, -0.1) is 16.9 Å². The Morgan fingerprint density at radius 1 is 1.35 bits per heavy atom. The highest BCUT2D eigenvalue weighted by Gasteiger charge is 2.25. The Morgan fingerprint density at radius 3 is 2.81 bits per heavy atom. The Bertz CT molecular complexity index is 802. The van der Waals surface area contributed by atoms with Crippen LogP contribution in [-0.4, -0.2) is 38.2 Å². The summed E-state index contributed by atoms with van der Waals surface area (Å²) >= 11 is 1.69. The molecular formula is C17H20N4O4S. The van der Waals surface area contributed by atoms with E-state index in [-0.39, 0.29) is 23.7 Å². The molecule has 0 unspecified atom stereocenters. The maximum Gasteiger partial charge on any atom is 0.361 e. The van der Waals surface area contributed by atoms with Crippen LogP contribution in [0.1, 0.15) is 49.5 Å². The molecule has 3 rings (SSSR count). The van der Waals surface area contributed by atoms with Gasteiger partial charge in [-0.05, 0) is 25.8 Å². The van der Waals surface area contributed by atoms with Crippen LogP contribution in [0.4, 0.5) is 5.69 Å². The van der Waals surface area contributed by atoms with E-state index in [1.807, 2.05) is 0 Å². The zero-order valence-corrected chi connectivity index (χ0v) is 15.3. The summed E-state index contributed by atoms with van der Waals surface area (Å²) in [5, 5.41) is 22.1. The molecule has 1 aromatic carbocycles. The molecule has 9 heteroatoms. The number of ether oxygens (including phenoxy) is 1. The number of aromatic nitrogens is 3. The van der Waals surface area contributed by atoms with Crippen molar-refractivity contribution in [3.8, 4) is 11.3 Å². The second kappa shape index (κ2) is 8.31. The Morgan fingerprint density at radius 2 is 2.12 bits per heavy atom. The van der Waals surface area contributed by atoms with Crippen molar-refractivity contribution >= 4 is 23.4 Å². The average molecular weight is 376 g/mol. The fraction of sp³-hybridized carbons (Fsp3) is 0.471. The quantitative estimate of drug-likeness (QED) is 0.461. The molecule has 1 fully saturated rings. The number of nitro benzene ring substituents is 1. The number of aromatic amines is 1. The van der Waals surface area contributed by atoms with Gasteiger partial charge in [0.25, 0.3) is 5.69 Å². The van der Waals surface area contributed by atoms with Gasteiger partial charge in [-0.1, -0.05) is 19.3 Å². The lowest BCUT2D eigenvalue weighted by Gasteiger charge is -2.21. The molecule has 1 heterocycles. The number of benzene rings is 1. The van der Waals surface area contributed by atoms with Gasteiger partial charge in [0.1, 0.15) is 5.69 Å². The molecule has 1 N–H and O–H groups in total. The normalized spacial score (nSPS) is 15.0. The van der Waals surface area contributed by atoms with E-state index in [4.69, 9.17) is 4.74 Å². The first-order valence-electron chi connectivity index (χ1n) is 8.63. The first-order chi connectivity index (χ1) is 12.6. The highest BCUT2D eigenvalue weighted by Crippen LogP contribution is 2.40. The molecule has 2 aromatic rings. The SMILES string of the molecule is CCOC(=O)c1n[nH]nc1-c1cc([N+](=O)[O-])ccc1SC1CCCCC1. The van der Waals surface area contributed by atoms with Gasteiger partial charge in [-0.3, -0.25) is 10.1 Å². The van der Waals surface area contributed by atoms with E-state index in [1.54, 1.807) is 24.8 Å². The Hall–Kier alpha value is -2.42. The number of hydrogen-bond donors (Lipinski definition) is 1. The zero-order valence-electron chi connectivity index (χ0n) is 14.4. The number of nitrogens with zero attached hydrogens (tertiary/aromatic N) is 3. The molecule has 1 aliphatic carbocycles. The lowest BCUT2D eigenvalue weighted by molar-refractivity contribution is -0.384. The second-order valence-electron chi connectivity index (χ2n) is 6.06. The minimum absolute atomic E-state index is 0.0397. The fourth-order valence-corrected chi connectivity index (χ4v) is 4.40. The molecule has 26 heavy (non-hydrogen) atoms. The summed E-state index contributed by atoms with van der Waals surface area (Å²) in [4.78, 5) is 23.8. The standard InChI is InChI=1S/C17H20N4O4S/c1-2-25-17(22)16-15(18-20-19-16)13-10-11(21(23)24)8-9-14(13)26-12-6-4-3-5-7-12/h8-10,12H,2-7H2,1H3,(H,18,19,20). The van der Waals surface area contributed by atoms with Crippen molar-refractivity contribution in [1.29, 1.82) is 0 Å². The molecule has 0 bridgehead atoms. The van der Waals surface area contributed by atoms with Gasteiger partial charge in [0, 0.05) is 27.8 Å². The number of carbonyl (C=O) groups is 1. The van der Waals surface area contributed by atoms with Gasteiger partial charge in [0.05, 0.1) is 11.5 Å². The van der Waals surface area contributed by atoms with Crippen LogP contribution in [0.3, 0.4) is 0 Å². The third-order valence-electron chi connectivity index (χ3n) is 4.29. The Balaban J connectivity index is 2.00. The highest BCUT2D eigenvalue weighted by molar-refractivity contribution is 8.00. The number of nitro groups is 1. The third kappa shape index (κ3) is 4.04. The van der Waals surface area contributed by atoms with Crippen molar-refractivity contribution in [2.45, 2.75) is 49.2 Å². The molecule has 1 saturated carbocycles. The van der Waals surface area contributed by atoms with Gasteiger partial charge in [0.15, 0.2) is 5.69 Å². The summed E-state index contributed by atoms with van der Waals surface area (Å²) < 4.78 is 5.01. The molecule has 0 aliphatic heterocycles. The molecule has 138 valence electrons. The number of thioether (sulfide) groups is 1. The van der Waals surface area contributed by atoms with Crippen molar-refractivity contribution < 1.29 is 14.5 Å². The van der Waals surface area contributed by atoms with Crippen molar-refractivity contribution in [2.75, 3.05) is 6.61 Å². The smallest absolute Gasteiger partial charge is 0.361 e. The van der Waals surface area contributed by atoms with Crippen molar-refractivity contribution in [2.24, 2.45) is 0 Å². The van der Waals surface area contributed by atoms with E-state index in [1.165, 1.54) is 31.4 Å². The fourth-order valence-electron chi connectivity index (χ4n) is 3.04. The number of rotatable bonds is 6. The van der Waals surface area contributed by atoms with Crippen molar-refractivity contribution in [3.63, 3.8) is 0 Å². The van der Waals surface area contributed by atoms with Gasteiger partial charge in [0.2, 0.25) is 0 Å². The van der Waals surface area contributed by atoms with Gasteiger partial charge < -0.3 is 4.74 Å². The van der Waals surface area contributed by atoms with E-state index < -0.39 is 10.9 Å². The largest absolute Gasteiger partial charge is 0.461 e. The van der Waals surface area contributed by atoms with Gasteiger partial charge in [-0.2, -0.15) is 10.3 Å². The zero-order chi connectivity index (χ0) is 18.5. The van der Waals surface area contributed by atoms with Crippen LogP contribution < -0.4 is 0 Å². The summed E-state index contributed by atoms with van der Waals surface area (Å²) in [6.45, 7) is 1.92. The van der Waals surface area contributed by atoms with Crippen LogP contribution >= 0.6 is 11.8 Å². The number of H-pyrrole nitrogens is 1. The number of non-ortho nitro benzene ring substituents is 1. The van der Waals surface area contributed by atoms with Crippen LogP contribution in [0, 0.1) is 10.1 Å². The summed E-state index contributed by atoms with van der Waals surface area (Å²) in [6.07, 6.45) is 5.87. The molecule has 0 radical (unpaired) electrons. The number of hydrogen-bond acceptors (Lipinski definition) is 7. The Labute approximate surface area is 154 Å². The van der Waals surface area contributed by atoms with Crippen LogP contribution in [0.5, 0.6) is 0 Å². The molecule has 0 atom stereocenters. The maximum atomic E-state index is 12.1. The van der Waals surface area contributed by atoms with Gasteiger partial charge in [-0.25, -0.2) is 4.79 Å². The monoisotopic (exact) mass is 376 g/mol. The number of carbonyl (C=O) groups excluding carboxylic acids is 1. The van der Waals surface area contributed by atoms with Crippen LogP contribution in [0.15, 0.2) is 23.1 Å². The molecule has 8 nitrogen and oxygen atoms in total. The molecular weight excluding hydrogens is 356 g/mol. The second-order valence-corrected chi connectivity index (χ2v) is 7.40. The van der Waals surface area contributed by atoms with Crippen molar-refractivity contribution in [1.82, 2.24) is 15.4 Å². The van der Waals surface area contributed by atoms with E-state index >= 15 is 0 Å². The minimum atomic E-state index is -0.601. The first kappa shape index (κ1) is 18.4. The van der Waals surface area contributed by atoms with Gasteiger partial charge >= 0.3 is 5.97 Å².